The molecular weight excluding hydrogens is 328 g/mol. The molecule has 0 aromatic rings. The van der Waals surface area contributed by atoms with Crippen molar-refractivity contribution in [1.82, 2.24) is 0 Å². The zero-order valence-electron chi connectivity index (χ0n) is 16.6. The minimum absolute atomic E-state index is 0.0143. The summed E-state index contributed by atoms with van der Waals surface area (Å²) < 4.78 is 5.22. The Morgan fingerprint density at radius 3 is 2.50 bits per heavy atom. The third kappa shape index (κ3) is 2.60. The number of allylic oxidation sites excluding steroid dienone is 3. The highest BCUT2D eigenvalue weighted by molar-refractivity contribution is 6.01. The molecule has 3 rings (SSSR count). The molecule has 0 aliphatic heterocycles. The zero-order chi connectivity index (χ0) is 19.3. The Bertz CT molecular complexity index is 726. The topological polar surface area (TPSA) is 60.4 Å². The molecule has 0 heterocycles. The fourth-order valence-corrected chi connectivity index (χ4v) is 5.50. The van der Waals surface area contributed by atoms with Crippen LogP contribution < -0.4 is 0 Å². The van der Waals surface area contributed by atoms with Crippen molar-refractivity contribution in [3.05, 3.63) is 22.8 Å². The largest absolute Gasteiger partial charge is 0.468 e. The van der Waals surface area contributed by atoms with Crippen LogP contribution in [0.3, 0.4) is 0 Å². The first-order valence-corrected chi connectivity index (χ1v) is 9.72. The Kier molecular flexibility index (Phi) is 4.74. The van der Waals surface area contributed by atoms with E-state index in [0.717, 1.165) is 18.4 Å². The summed E-state index contributed by atoms with van der Waals surface area (Å²) in [5, 5.41) is 0. The minimum atomic E-state index is -0.576. The molecule has 0 unspecified atom stereocenters. The van der Waals surface area contributed by atoms with Crippen molar-refractivity contribution in [2.75, 3.05) is 7.11 Å². The van der Waals surface area contributed by atoms with E-state index in [1.807, 2.05) is 13.0 Å². The molecule has 26 heavy (non-hydrogen) atoms. The highest BCUT2D eigenvalue weighted by Crippen LogP contribution is 2.62. The van der Waals surface area contributed by atoms with Gasteiger partial charge in [0.05, 0.1) is 12.5 Å². The predicted molar refractivity (Wildman–Crippen MR) is 99.4 cm³/mol. The summed E-state index contributed by atoms with van der Waals surface area (Å²) in [6, 6.07) is 0. The predicted octanol–water partition coefficient (Wildman–Crippen LogP) is 4.19. The van der Waals surface area contributed by atoms with Gasteiger partial charge in [-0.3, -0.25) is 14.4 Å². The number of carbonyl (C=O) groups is 3. The van der Waals surface area contributed by atoms with Crippen LogP contribution in [-0.2, 0) is 19.1 Å². The van der Waals surface area contributed by atoms with Gasteiger partial charge in [0.15, 0.2) is 5.78 Å². The number of ketones is 2. The average molecular weight is 358 g/mol. The maximum absolute atomic E-state index is 13.2. The van der Waals surface area contributed by atoms with Gasteiger partial charge in [-0.25, -0.2) is 0 Å². The molecule has 0 N–H and O–H groups in total. The first kappa shape index (κ1) is 19.1. The summed E-state index contributed by atoms with van der Waals surface area (Å²) in [5.74, 6) is 0.289. The summed E-state index contributed by atoms with van der Waals surface area (Å²) in [7, 11) is 1.46. The van der Waals surface area contributed by atoms with Crippen LogP contribution in [-0.4, -0.2) is 24.6 Å². The van der Waals surface area contributed by atoms with E-state index in [4.69, 9.17) is 4.74 Å². The molecule has 4 nitrogen and oxygen atoms in total. The molecule has 0 amide bonds. The Morgan fingerprint density at radius 2 is 1.92 bits per heavy atom. The highest BCUT2D eigenvalue weighted by atomic mass is 16.5. The van der Waals surface area contributed by atoms with Crippen molar-refractivity contribution < 1.29 is 19.1 Å². The van der Waals surface area contributed by atoms with Crippen molar-refractivity contribution in [2.24, 2.45) is 22.7 Å². The fraction of sp³-hybridized carbons (Fsp3) is 0.682. The molecule has 0 aromatic heterocycles. The number of hydrogen-bond donors (Lipinski definition) is 0. The third-order valence-electron chi connectivity index (χ3n) is 7.18. The number of methoxy groups -OCH3 is 1. The summed E-state index contributed by atoms with van der Waals surface area (Å²) in [4.78, 5) is 37.9. The maximum Gasteiger partial charge on any atom is 0.315 e. The Labute approximate surface area is 156 Å². The summed E-state index contributed by atoms with van der Waals surface area (Å²) >= 11 is 0. The van der Waals surface area contributed by atoms with Crippen LogP contribution in [0.4, 0.5) is 0 Å². The lowest BCUT2D eigenvalue weighted by Gasteiger charge is -2.48. The summed E-state index contributed by atoms with van der Waals surface area (Å²) in [6.45, 7) is 7.90. The molecule has 3 atom stereocenters. The number of esters is 1. The lowest BCUT2D eigenvalue weighted by Crippen LogP contribution is -2.48. The van der Waals surface area contributed by atoms with Crippen LogP contribution in [0, 0.1) is 22.7 Å². The molecule has 3 aliphatic rings. The number of carbonyl (C=O) groups excluding carboxylic acids is 3. The normalized spacial score (nSPS) is 34.2. The van der Waals surface area contributed by atoms with Gasteiger partial charge in [-0.2, -0.15) is 0 Å². The standard InChI is InChI=1S/C22H30O4/c1-13(2)16-8-9-22(20(25)26-5)11-10-21(4)17(19(16)22)7-6-15(14(3)23)12-18(21)24/h6,13,17H,7-12H2,1-5H3/t17-,21-,22+/m1/s1. The molecule has 3 aliphatic carbocycles. The smallest absolute Gasteiger partial charge is 0.315 e. The molecule has 0 bridgehead atoms. The molecular formula is C22H30O4. The van der Waals surface area contributed by atoms with Crippen LogP contribution in [0.2, 0.25) is 0 Å². The number of fused-ring (bicyclic) bond motifs is 3. The van der Waals surface area contributed by atoms with Crippen LogP contribution in [0.5, 0.6) is 0 Å². The molecule has 1 saturated carbocycles. The van der Waals surface area contributed by atoms with E-state index < -0.39 is 10.8 Å². The SMILES string of the molecule is COC(=O)[C@]12CCC(C(C)C)=C1[C@H]1CC=C(C(C)=O)CC(=O)[C@]1(C)CC2. The van der Waals surface area contributed by atoms with Gasteiger partial charge in [-0.15, -0.1) is 0 Å². The lowest BCUT2D eigenvalue weighted by molar-refractivity contribution is -0.155. The first-order valence-electron chi connectivity index (χ1n) is 9.72. The Hall–Kier alpha value is -1.71. The first-order chi connectivity index (χ1) is 12.2. The number of Topliss-reactive ketones (excluding diaryl/α,β-unsaturated/α-hetero) is 2. The average Bonchev–Trinajstić information content (AvgIpc) is 2.93. The quantitative estimate of drug-likeness (QED) is 0.561. The fourth-order valence-electron chi connectivity index (χ4n) is 5.50. The van der Waals surface area contributed by atoms with E-state index in [-0.39, 0.29) is 29.9 Å². The summed E-state index contributed by atoms with van der Waals surface area (Å²) in [6.07, 6.45) is 5.85. The molecule has 0 aromatic carbocycles. The second-order valence-electron chi connectivity index (χ2n) is 8.76. The van der Waals surface area contributed by atoms with Crippen LogP contribution >= 0.6 is 0 Å². The lowest BCUT2D eigenvalue weighted by atomic mass is 9.54. The van der Waals surface area contributed by atoms with Crippen molar-refractivity contribution >= 4 is 17.5 Å². The van der Waals surface area contributed by atoms with Gasteiger partial charge >= 0.3 is 5.97 Å². The van der Waals surface area contributed by atoms with Crippen molar-refractivity contribution in [3.63, 3.8) is 0 Å². The Balaban J connectivity index is 2.18. The highest BCUT2D eigenvalue weighted by Gasteiger charge is 2.59. The van der Waals surface area contributed by atoms with E-state index >= 15 is 0 Å². The van der Waals surface area contributed by atoms with Crippen LogP contribution in [0.25, 0.3) is 0 Å². The van der Waals surface area contributed by atoms with Crippen molar-refractivity contribution in [2.45, 2.75) is 66.2 Å². The van der Waals surface area contributed by atoms with E-state index in [9.17, 15) is 14.4 Å². The number of rotatable bonds is 3. The number of ether oxygens (including phenoxy) is 1. The Morgan fingerprint density at radius 1 is 1.23 bits per heavy atom. The van der Waals surface area contributed by atoms with Gasteiger partial charge in [0.1, 0.15) is 5.78 Å². The van der Waals surface area contributed by atoms with Crippen LogP contribution in [0.1, 0.15) is 66.2 Å². The van der Waals surface area contributed by atoms with Gasteiger partial charge in [0.25, 0.3) is 0 Å². The monoisotopic (exact) mass is 358 g/mol. The molecule has 0 spiro atoms. The van der Waals surface area contributed by atoms with Gasteiger partial charge in [-0.1, -0.05) is 32.4 Å². The molecule has 0 radical (unpaired) electrons. The molecule has 1 fully saturated rings. The third-order valence-corrected chi connectivity index (χ3v) is 7.18. The number of hydrogen-bond acceptors (Lipinski definition) is 4. The molecule has 4 heteroatoms. The second-order valence-corrected chi connectivity index (χ2v) is 8.76. The van der Waals surface area contributed by atoms with E-state index in [1.165, 1.54) is 19.6 Å². The van der Waals surface area contributed by atoms with Gasteiger partial charge < -0.3 is 4.74 Å². The minimum Gasteiger partial charge on any atom is -0.468 e. The van der Waals surface area contributed by atoms with Crippen LogP contribution in [0.15, 0.2) is 22.8 Å². The molecule has 142 valence electrons. The van der Waals surface area contributed by atoms with E-state index in [2.05, 4.69) is 13.8 Å². The van der Waals surface area contributed by atoms with Gasteiger partial charge in [-0.05, 0) is 62.0 Å². The maximum atomic E-state index is 13.2. The van der Waals surface area contributed by atoms with Gasteiger partial charge in [0, 0.05) is 11.8 Å². The zero-order valence-corrected chi connectivity index (χ0v) is 16.6. The second kappa shape index (κ2) is 6.47. The van der Waals surface area contributed by atoms with Gasteiger partial charge in [0.2, 0.25) is 0 Å². The summed E-state index contributed by atoms with van der Waals surface area (Å²) in [5.41, 5.74) is 2.01. The van der Waals surface area contributed by atoms with Crippen molar-refractivity contribution in [3.8, 4) is 0 Å². The van der Waals surface area contributed by atoms with Crippen molar-refractivity contribution in [1.29, 1.82) is 0 Å². The van der Waals surface area contributed by atoms with E-state index in [1.54, 1.807) is 0 Å². The van der Waals surface area contributed by atoms with E-state index in [0.29, 0.717) is 30.8 Å². The molecule has 0 saturated heterocycles.